The molecule has 0 bridgehead atoms. The van der Waals surface area contributed by atoms with Crippen molar-refractivity contribution in [1.82, 2.24) is 14.3 Å². The van der Waals surface area contributed by atoms with Gasteiger partial charge in [-0.25, -0.2) is 4.79 Å². The van der Waals surface area contributed by atoms with Crippen LogP contribution in [-0.2, 0) is 39.1 Å². The molecule has 0 aromatic heterocycles. The van der Waals surface area contributed by atoms with Gasteiger partial charge in [0, 0.05) is 38.1 Å². The summed E-state index contributed by atoms with van der Waals surface area (Å²) in [5.41, 5.74) is 0. The first-order valence-corrected chi connectivity index (χ1v) is 8.32. The van der Waals surface area contributed by atoms with E-state index in [-0.39, 0.29) is 22.2 Å². The molecule has 0 radical (unpaired) electrons. The molecular formula is C12H13N3O9S. The van der Waals surface area contributed by atoms with Crippen LogP contribution in [0.2, 0.25) is 0 Å². The van der Waals surface area contributed by atoms with E-state index in [4.69, 9.17) is 4.55 Å². The Morgan fingerprint density at radius 3 is 2.12 bits per heavy atom. The van der Waals surface area contributed by atoms with Gasteiger partial charge in [-0.1, -0.05) is 0 Å². The van der Waals surface area contributed by atoms with Crippen molar-refractivity contribution < 1.29 is 41.8 Å². The minimum absolute atomic E-state index is 0.139. The van der Waals surface area contributed by atoms with Crippen LogP contribution < -0.4 is 0 Å². The van der Waals surface area contributed by atoms with Crippen molar-refractivity contribution in [2.45, 2.75) is 12.8 Å². The summed E-state index contributed by atoms with van der Waals surface area (Å²) in [7, 11) is -4.87. The van der Waals surface area contributed by atoms with Crippen molar-refractivity contribution in [3.63, 3.8) is 0 Å². The second-order valence-electron chi connectivity index (χ2n) is 5.02. The van der Waals surface area contributed by atoms with E-state index < -0.39 is 59.5 Å². The maximum Gasteiger partial charge on any atom is 0.348 e. The SMILES string of the molecule is O=C(CN(CCN1C(=O)C=CC1=O)S(=O)(=O)O)ON1C(=O)CCC1=O. The molecule has 2 rings (SSSR count). The van der Waals surface area contributed by atoms with Gasteiger partial charge < -0.3 is 4.84 Å². The fraction of sp³-hybridized carbons (Fsp3) is 0.417. The van der Waals surface area contributed by atoms with Crippen LogP contribution in [0, 0.1) is 0 Å². The Morgan fingerprint density at radius 1 is 1.12 bits per heavy atom. The van der Waals surface area contributed by atoms with Gasteiger partial charge in [0.1, 0.15) is 6.54 Å². The van der Waals surface area contributed by atoms with Crippen molar-refractivity contribution in [2.24, 2.45) is 0 Å². The highest BCUT2D eigenvalue weighted by atomic mass is 32.2. The molecule has 2 aliphatic rings. The van der Waals surface area contributed by atoms with Gasteiger partial charge in [0.25, 0.3) is 23.6 Å². The Hall–Kier alpha value is -2.64. The summed E-state index contributed by atoms with van der Waals surface area (Å²) in [5.74, 6) is -4.14. The van der Waals surface area contributed by atoms with Crippen LogP contribution in [0.4, 0.5) is 0 Å². The molecule has 0 saturated carbocycles. The lowest BCUT2D eigenvalue weighted by molar-refractivity contribution is -0.197. The smallest absolute Gasteiger partial charge is 0.329 e. The lowest BCUT2D eigenvalue weighted by Gasteiger charge is -2.21. The third kappa shape index (κ3) is 4.46. The minimum atomic E-state index is -4.87. The van der Waals surface area contributed by atoms with E-state index in [9.17, 15) is 32.4 Å². The predicted molar refractivity (Wildman–Crippen MR) is 76.2 cm³/mol. The Morgan fingerprint density at radius 2 is 1.64 bits per heavy atom. The summed E-state index contributed by atoms with van der Waals surface area (Å²) in [6.45, 7) is -2.03. The standard InChI is InChI=1S/C12H13N3O9S/c16-8-1-2-9(17)14(8)6-5-13(25(21,22)23)7-12(20)24-15-10(18)3-4-11(15)19/h1-2H,3-7H2,(H,21,22,23). The fourth-order valence-electron chi connectivity index (χ4n) is 2.07. The molecule has 0 aromatic carbocycles. The third-order valence-corrected chi connectivity index (χ3v) is 4.27. The highest BCUT2D eigenvalue weighted by molar-refractivity contribution is 7.83. The molecule has 1 saturated heterocycles. The van der Waals surface area contributed by atoms with Gasteiger partial charge in [-0.3, -0.25) is 28.6 Å². The number of nitrogens with zero attached hydrogens (tertiary/aromatic N) is 3. The van der Waals surface area contributed by atoms with Crippen molar-refractivity contribution in [1.29, 1.82) is 0 Å². The van der Waals surface area contributed by atoms with E-state index in [1.54, 1.807) is 0 Å². The topological polar surface area (TPSA) is 159 Å². The molecule has 1 fully saturated rings. The van der Waals surface area contributed by atoms with Crippen molar-refractivity contribution >= 4 is 39.9 Å². The number of imide groups is 2. The number of hydrogen-bond acceptors (Lipinski definition) is 8. The lowest BCUT2D eigenvalue weighted by Crippen LogP contribution is -2.44. The van der Waals surface area contributed by atoms with E-state index in [2.05, 4.69) is 4.84 Å². The predicted octanol–water partition coefficient (Wildman–Crippen LogP) is -2.38. The van der Waals surface area contributed by atoms with Crippen LogP contribution in [0.5, 0.6) is 0 Å². The first-order chi connectivity index (χ1) is 11.6. The van der Waals surface area contributed by atoms with Gasteiger partial charge in [-0.2, -0.15) is 12.7 Å². The second kappa shape index (κ2) is 7.08. The highest BCUT2D eigenvalue weighted by Crippen LogP contribution is 2.13. The number of hydroxylamine groups is 2. The van der Waals surface area contributed by atoms with Gasteiger partial charge in [0.15, 0.2) is 0 Å². The monoisotopic (exact) mass is 375 g/mol. The lowest BCUT2D eigenvalue weighted by atomic mass is 10.4. The average molecular weight is 375 g/mol. The van der Waals surface area contributed by atoms with Gasteiger partial charge >= 0.3 is 16.3 Å². The largest absolute Gasteiger partial charge is 0.348 e. The molecule has 25 heavy (non-hydrogen) atoms. The van der Waals surface area contributed by atoms with E-state index in [0.717, 1.165) is 12.2 Å². The molecule has 0 aromatic rings. The molecule has 2 heterocycles. The van der Waals surface area contributed by atoms with Crippen LogP contribution in [0.25, 0.3) is 0 Å². The van der Waals surface area contributed by atoms with Crippen LogP contribution in [0.15, 0.2) is 12.2 Å². The fourth-order valence-corrected chi connectivity index (χ4v) is 2.65. The Kier molecular flexibility index (Phi) is 5.30. The summed E-state index contributed by atoms with van der Waals surface area (Å²) in [5, 5.41) is 0.224. The molecule has 12 nitrogen and oxygen atoms in total. The third-order valence-electron chi connectivity index (χ3n) is 3.30. The summed E-state index contributed by atoms with van der Waals surface area (Å²) >= 11 is 0. The average Bonchev–Trinajstić information content (AvgIpc) is 2.99. The summed E-state index contributed by atoms with van der Waals surface area (Å²) in [4.78, 5) is 62.4. The first kappa shape index (κ1) is 18.7. The molecule has 13 heteroatoms. The number of carbonyl (C=O) groups is 5. The zero-order valence-electron chi connectivity index (χ0n) is 12.7. The van der Waals surface area contributed by atoms with Gasteiger partial charge in [-0.05, 0) is 0 Å². The molecule has 0 aliphatic carbocycles. The molecule has 136 valence electrons. The van der Waals surface area contributed by atoms with Crippen LogP contribution in [0.1, 0.15) is 12.8 Å². The van der Waals surface area contributed by atoms with Crippen LogP contribution >= 0.6 is 0 Å². The Balaban J connectivity index is 1.97. The maximum atomic E-state index is 11.7. The van der Waals surface area contributed by atoms with E-state index >= 15 is 0 Å². The van der Waals surface area contributed by atoms with E-state index in [1.165, 1.54) is 0 Å². The van der Waals surface area contributed by atoms with Crippen LogP contribution in [0.3, 0.4) is 0 Å². The number of rotatable bonds is 7. The van der Waals surface area contributed by atoms with Crippen molar-refractivity contribution in [3.05, 3.63) is 12.2 Å². The molecule has 1 N–H and O–H groups in total. The number of hydrogen-bond donors (Lipinski definition) is 1. The number of carbonyl (C=O) groups excluding carboxylic acids is 5. The van der Waals surface area contributed by atoms with E-state index in [1.807, 2.05) is 0 Å². The zero-order valence-corrected chi connectivity index (χ0v) is 13.5. The molecule has 0 unspecified atom stereocenters. The van der Waals surface area contributed by atoms with Crippen LogP contribution in [-0.4, -0.2) is 76.5 Å². The second-order valence-corrected chi connectivity index (χ2v) is 6.43. The summed E-state index contributed by atoms with van der Waals surface area (Å²) in [6.07, 6.45) is 1.69. The molecule has 0 spiro atoms. The van der Waals surface area contributed by atoms with Gasteiger partial charge in [0.2, 0.25) is 0 Å². The summed E-state index contributed by atoms with van der Waals surface area (Å²) in [6, 6.07) is 0. The van der Waals surface area contributed by atoms with Crippen molar-refractivity contribution in [2.75, 3.05) is 19.6 Å². The molecular weight excluding hydrogens is 362 g/mol. The first-order valence-electron chi connectivity index (χ1n) is 6.92. The van der Waals surface area contributed by atoms with Gasteiger partial charge in [-0.15, -0.1) is 5.06 Å². The maximum absolute atomic E-state index is 11.7. The van der Waals surface area contributed by atoms with Gasteiger partial charge in [0.05, 0.1) is 0 Å². The van der Waals surface area contributed by atoms with Crippen molar-refractivity contribution in [3.8, 4) is 0 Å². The zero-order chi connectivity index (χ0) is 18.8. The molecule has 0 atom stereocenters. The summed E-state index contributed by atoms with van der Waals surface area (Å²) < 4.78 is 32.0. The Bertz CT molecular complexity index is 739. The minimum Gasteiger partial charge on any atom is -0.329 e. The Labute approximate surface area is 141 Å². The molecule has 4 amide bonds. The normalized spacial score (nSPS) is 18.0. The quantitative estimate of drug-likeness (QED) is 0.379. The molecule has 2 aliphatic heterocycles. The van der Waals surface area contributed by atoms with E-state index in [0.29, 0.717) is 4.90 Å². The highest BCUT2D eigenvalue weighted by Gasteiger charge is 2.34. The number of amides is 4.